The lowest BCUT2D eigenvalue weighted by atomic mass is 10.2. The molecule has 0 saturated heterocycles. The molecule has 28 heavy (non-hydrogen) atoms. The summed E-state index contributed by atoms with van der Waals surface area (Å²) < 4.78 is 1.95. The molecule has 0 unspecified atom stereocenters. The number of benzene rings is 1. The summed E-state index contributed by atoms with van der Waals surface area (Å²) in [6.45, 7) is 3.99. The molecule has 0 atom stereocenters. The second-order valence-electron chi connectivity index (χ2n) is 5.99. The van der Waals surface area contributed by atoms with E-state index in [1.165, 1.54) is 6.33 Å². The molecule has 7 nitrogen and oxygen atoms in total. The van der Waals surface area contributed by atoms with Crippen molar-refractivity contribution in [3.8, 4) is 5.82 Å². The average Bonchev–Trinajstić information content (AvgIpc) is 3.01. The monoisotopic (exact) mass is 413 g/mol. The van der Waals surface area contributed by atoms with Crippen LogP contribution in [0.3, 0.4) is 0 Å². The molecule has 3 heterocycles. The third-order valence-corrected chi connectivity index (χ3v) is 4.49. The van der Waals surface area contributed by atoms with E-state index in [9.17, 15) is 0 Å². The normalized spacial score (nSPS) is 11.0. The molecule has 142 valence electrons. The van der Waals surface area contributed by atoms with Crippen LogP contribution < -0.4 is 5.43 Å². The molecule has 0 aliphatic heterocycles. The number of hydrogen-bond donors (Lipinski definition) is 1. The number of hydrogen-bond acceptors (Lipinski definition) is 6. The Bertz CT molecular complexity index is 1140. The van der Waals surface area contributed by atoms with Crippen molar-refractivity contribution in [3.63, 3.8) is 0 Å². The Kier molecular flexibility index (Phi) is 5.87. The number of pyridine rings is 1. The number of nitrogens with zero attached hydrogens (tertiary/aromatic N) is 6. The van der Waals surface area contributed by atoms with Crippen molar-refractivity contribution >= 4 is 46.9 Å². The van der Waals surface area contributed by atoms with Crippen LogP contribution in [0.25, 0.3) is 16.7 Å². The maximum atomic E-state index is 6.00. The first-order valence-corrected chi connectivity index (χ1v) is 8.66. The van der Waals surface area contributed by atoms with Gasteiger partial charge in [0.15, 0.2) is 5.82 Å². The summed E-state index contributed by atoms with van der Waals surface area (Å²) >= 11 is 6.00. The quantitative estimate of drug-likeness (QED) is 0.397. The Hall–Kier alpha value is -3.03. The van der Waals surface area contributed by atoms with Crippen LogP contribution in [0.1, 0.15) is 17.0 Å². The lowest BCUT2D eigenvalue weighted by Gasteiger charge is -2.05. The first kappa shape index (κ1) is 19.7. The highest BCUT2D eigenvalue weighted by atomic mass is 35.5. The highest BCUT2D eigenvalue weighted by molar-refractivity contribution is 6.31. The van der Waals surface area contributed by atoms with Gasteiger partial charge >= 0.3 is 0 Å². The van der Waals surface area contributed by atoms with Crippen molar-refractivity contribution in [1.82, 2.24) is 24.5 Å². The number of halogens is 2. The minimum Gasteiger partial charge on any atom is -0.287 e. The summed E-state index contributed by atoms with van der Waals surface area (Å²) in [5, 5.41) is 5.73. The molecule has 0 aliphatic carbocycles. The van der Waals surface area contributed by atoms with Crippen LogP contribution in [0.5, 0.6) is 0 Å². The summed E-state index contributed by atoms with van der Waals surface area (Å²) in [6, 6.07) is 9.32. The van der Waals surface area contributed by atoms with Crippen molar-refractivity contribution in [1.29, 1.82) is 0 Å². The van der Waals surface area contributed by atoms with Gasteiger partial charge in [0.1, 0.15) is 18.5 Å². The summed E-state index contributed by atoms with van der Waals surface area (Å²) in [5.74, 6) is 1.43. The van der Waals surface area contributed by atoms with Gasteiger partial charge in [0.2, 0.25) is 0 Å². The van der Waals surface area contributed by atoms with E-state index in [1.807, 2.05) is 36.6 Å². The molecule has 0 spiro atoms. The highest BCUT2D eigenvalue weighted by Gasteiger charge is 2.05. The Morgan fingerprint density at radius 2 is 1.93 bits per heavy atom. The van der Waals surface area contributed by atoms with E-state index in [-0.39, 0.29) is 12.4 Å². The summed E-state index contributed by atoms with van der Waals surface area (Å²) in [6.07, 6.45) is 6.69. The third-order valence-electron chi connectivity index (χ3n) is 4.25. The molecule has 0 bridgehead atoms. The number of aryl methyl sites for hydroxylation is 1. The molecule has 1 aromatic carbocycles. The van der Waals surface area contributed by atoms with Gasteiger partial charge < -0.3 is 0 Å². The Morgan fingerprint density at radius 3 is 2.64 bits per heavy atom. The fourth-order valence-electron chi connectivity index (χ4n) is 2.63. The number of hydrazone groups is 1. The fraction of sp³-hybridized carbons (Fsp3) is 0.105. The topological polar surface area (TPSA) is 80.9 Å². The Balaban J connectivity index is 0.00000225. The van der Waals surface area contributed by atoms with E-state index < -0.39 is 0 Å². The van der Waals surface area contributed by atoms with Gasteiger partial charge in [0.05, 0.1) is 17.4 Å². The van der Waals surface area contributed by atoms with Crippen LogP contribution >= 0.6 is 24.0 Å². The van der Waals surface area contributed by atoms with E-state index in [2.05, 4.69) is 30.5 Å². The van der Waals surface area contributed by atoms with Gasteiger partial charge in [-0.05, 0) is 44.2 Å². The van der Waals surface area contributed by atoms with Crippen LogP contribution in [0.15, 0.2) is 54.3 Å². The summed E-state index contributed by atoms with van der Waals surface area (Å²) in [4.78, 5) is 17.2. The number of fused-ring (bicyclic) bond motifs is 1. The molecular formula is C19H17Cl2N7. The van der Waals surface area contributed by atoms with Crippen LogP contribution in [0.2, 0.25) is 5.02 Å². The van der Waals surface area contributed by atoms with Gasteiger partial charge in [-0.3, -0.25) is 9.99 Å². The second kappa shape index (κ2) is 8.33. The minimum absolute atomic E-state index is 0. The molecule has 4 aromatic rings. The van der Waals surface area contributed by atoms with E-state index >= 15 is 0 Å². The zero-order valence-corrected chi connectivity index (χ0v) is 16.7. The van der Waals surface area contributed by atoms with Crippen molar-refractivity contribution < 1.29 is 0 Å². The maximum Gasteiger partial charge on any atom is 0.157 e. The molecule has 0 aliphatic rings. The van der Waals surface area contributed by atoms with Crippen molar-refractivity contribution in [2.24, 2.45) is 5.10 Å². The predicted octanol–water partition coefficient (Wildman–Crippen LogP) is 4.35. The minimum atomic E-state index is 0. The fourth-order valence-corrected chi connectivity index (χ4v) is 2.80. The number of rotatable bonds is 4. The highest BCUT2D eigenvalue weighted by Crippen LogP contribution is 2.22. The molecule has 0 amide bonds. The largest absolute Gasteiger partial charge is 0.287 e. The van der Waals surface area contributed by atoms with E-state index in [0.29, 0.717) is 10.8 Å². The molecule has 0 radical (unpaired) electrons. The molecule has 0 saturated carbocycles. The van der Waals surface area contributed by atoms with Gasteiger partial charge in [-0.25, -0.2) is 19.9 Å². The van der Waals surface area contributed by atoms with Crippen molar-refractivity contribution in [2.75, 3.05) is 5.43 Å². The molecule has 0 fully saturated rings. The predicted molar refractivity (Wildman–Crippen MR) is 114 cm³/mol. The zero-order chi connectivity index (χ0) is 18.8. The van der Waals surface area contributed by atoms with Crippen LogP contribution in [0.4, 0.5) is 5.82 Å². The standard InChI is InChI=1S/C19H16ClN7.ClH/c1-12-13(2)27(11-24-12)18-6-3-14(8-21-18)9-25-26-19-16-5-4-15(20)7-17(16)22-10-23-19;/h3-11H,1-2H3,(H,22,23,26);1H. The summed E-state index contributed by atoms with van der Waals surface area (Å²) in [7, 11) is 0. The van der Waals surface area contributed by atoms with Crippen molar-refractivity contribution in [2.45, 2.75) is 13.8 Å². The van der Waals surface area contributed by atoms with Gasteiger partial charge in [-0.1, -0.05) is 11.6 Å². The maximum absolute atomic E-state index is 6.00. The summed E-state index contributed by atoms with van der Waals surface area (Å²) in [5.41, 5.74) is 6.63. The molecule has 4 rings (SSSR count). The first-order valence-electron chi connectivity index (χ1n) is 8.28. The van der Waals surface area contributed by atoms with Gasteiger partial charge in [0.25, 0.3) is 0 Å². The van der Waals surface area contributed by atoms with E-state index in [4.69, 9.17) is 11.6 Å². The van der Waals surface area contributed by atoms with Crippen LogP contribution in [0, 0.1) is 13.8 Å². The van der Waals surface area contributed by atoms with Crippen molar-refractivity contribution in [3.05, 3.63) is 71.2 Å². The van der Waals surface area contributed by atoms with E-state index in [1.54, 1.807) is 30.9 Å². The molecular weight excluding hydrogens is 397 g/mol. The van der Waals surface area contributed by atoms with Gasteiger partial charge in [-0.2, -0.15) is 5.10 Å². The van der Waals surface area contributed by atoms with Gasteiger partial charge in [-0.15, -0.1) is 12.4 Å². The number of nitrogens with one attached hydrogen (secondary N) is 1. The number of anilines is 1. The average molecular weight is 414 g/mol. The smallest absolute Gasteiger partial charge is 0.157 e. The molecule has 3 aromatic heterocycles. The first-order chi connectivity index (χ1) is 13.1. The van der Waals surface area contributed by atoms with Crippen LogP contribution in [-0.2, 0) is 0 Å². The molecule has 9 heteroatoms. The third kappa shape index (κ3) is 3.95. The second-order valence-corrected chi connectivity index (χ2v) is 6.43. The zero-order valence-electron chi connectivity index (χ0n) is 15.2. The van der Waals surface area contributed by atoms with Crippen LogP contribution in [-0.4, -0.2) is 30.7 Å². The number of imidazole rings is 1. The SMILES string of the molecule is Cc1ncn(-c2ccc(C=NNc3ncnc4cc(Cl)ccc34)cn2)c1C.Cl. The molecule has 1 N–H and O–H groups in total. The Labute approximate surface area is 172 Å². The Morgan fingerprint density at radius 1 is 1.07 bits per heavy atom. The lowest BCUT2D eigenvalue weighted by Crippen LogP contribution is -2.00. The van der Waals surface area contributed by atoms with E-state index in [0.717, 1.165) is 33.7 Å². The number of aromatic nitrogens is 5. The van der Waals surface area contributed by atoms with Gasteiger partial charge in [0, 0.05) is 27.9 Å². The lowest BCUT2D eigenvalue weighted by molar-refractivity contribution is 0.950.